The van der Waals surface area contributed by atoms with Gasteiger partial charge in [-0.15, -0.1) is 11.6 Å². The first-order valence-electron chi connectivity index (χ1n) is 5.66. The van der Waals surface area contributed by atoms with Crippen LogP contribution in [0.15, 0.2) is 0 Å². The van der Waals surface area contributed by atoms with Crippen LogP contribution in [0.5, 0.6) is 0 Å². The maximum absolute atomic E-state index is 6.07. The molecule has 2 saturated heterocycles. The molecule has 3 nitrogen and oxygen atoms in total. The Morgan fingerprint density at radius 2 is 1.93 bits per heavy atom. The summed E-state index contributed by atoms with van der Waals surface area (Å²) in [6.45, 7) is 5.73. The van der Waals surface area contributed by atoms with Crippen LogP contribution in [-0.2, 0) is 14.2 Å². The normalized spacial score (nSPS) is 35.2. The topological polar surface area (TPSA) is 27.7 Å². The highest BCUT2D eigenvalue weighted by Crippen LogP contribution is 2.39. The number of hydrogen-bond acceptors (Lipinski definition) is 3. The molecule has 4 heteroatoms. The predicted octanol–water partition coefficient (Wildman–Crippen LogP) is 2.17. The molecule has 1 spiro atoms. The first-order valence-corrected chi connectivity index (χ1v) is 6.20. The van der Waals surface area contributed by atoms with Gasteiger partial charge in [-0.2, -0.15) is 0 Å². The Labute approximate surface area is 96.0 Å². The Morgan fingerprint density at radius 3 is 2.40 bits per heavy atom. The molecule has 0 bridgehead atoms. The van der Waals surface area contributed by atoms with Crippen molar-refractivity contribution < 1.29 is 14.2 Å². The third kappa shape index (κ3) is 2.31. The zero-order valence-corrected chi connectivity index (χ0v) is 10.1. The summed E-state index contributed by atoms with van der Waals surface area (Å²) in [6.07, 6.45) is 1.80. The maximum Gasteiger partial charge on any atom is 0.173 e. The summed E-state index contributed by atoms with van der Waals surface area (Å²) in [6, 6.07) is 0. The molecular formula is C11H19ClO3. The Bertz CT molecular complexity index is 214. The lowest BCUT2D eigenvalue weighted by atomic mass is 10.0. The smallest absolute Gasteiger partial charge is 0.173 e. The molecule has 0 unspecified atom stereocenters. The minimum atomic E-state index is -0.410. The standard InChI is InChI=1S/C11H19ClO3/c1-8(2)10-9(7-12)14-11(15-10)3-5-13-6-4-11/h8-10H,3-7H2,1-2H3/t9-,10-/m1/s1. The van der Waals surface area contributed by atoms with Crippen molar-refractivity contribution in [1.29, 1.82) is 0 Å². The number of halogens is 1. The fourth-order valence-electron chi connectivity index (χ4n) is 2.30. The summed E-state index contributed by atoms with van der Waals surface area (Å²) >= 11 is 5.91. The van der Waals surface area contributed by atoms with Crippen molar-refractivity contribution in [3.8, 4) is 0 Å². The van der Waals surface area contributed by atoms with Gasteiger partial charge < -0.3 is 14.2 Å². The van der Waals surface area contributed by atoms with Crippen LogP contribution in [-0.4, -0.2) is 37.1 Å². The zero-order valence-electron chi connectivity index (χ0n) is 9.37. The number of alkyl halides is 1. The highest BCUT2D eigenvalue weighted by molar-refractivity contribution is 6.18. The van der Waals surface area contributed by atoms with E-state index in [1.807, 2.05) is 0 Å². The Balaban J connectivity index is 2.05. The van der Waals surface area contributed by atoms with E-state index in [0.717, 1.165) is 26.1 Å². The van der Waals surface area contributed by atoms with E-state index in [9.17, 15) is 0 Å². The molecule has 2 aliphatic heterocycles. The van der Waals surface area contributed by atoms with Gasteiger partial charge in [0, 0.05) is 12.8 Å². The molecule has 2 atom stereocenters. The number of ether oxygens (including phenoxy) is 3. The van der Waals surface area contributed by atoms with Gasteiger partial charge in [0.05, 0.1) is 25.2 Å². The highest BCUT2D eigenvalue weighted by Gasteiger charge is 2.48. The van der Waals surface area contributed by atoms with Crippen LogP contribution in [0.3, 0.4) is 0 Å². The summed E-state index contributed by atoms with van der Waals surface area (Å²) in [5.74, 6) is 0.536. The fraction of sp³-hybridized carbons (Fsp3) is 1.00. The lowest BCUT2D eigenvalue weighted by Gasteiger charge is -2.32. The van der Waals surface area contributed by atoms with Crippen molar-refractivity contribution in [3.05, 3.63) is 0 Å². The van der Waals surface area contributed by atoms with Crippen molar-refractivity contribution in [2.45, 2.75) is 44.7 Å². The van der Waals surface area contributed by atoms with Crippen LogP contribution < -0.4 is 0 Å². The van der Waals surface area contributed by atoms with Crippen LogP contribution >= 0.6 is 11.6 Å². The summed E-state index contributed by atoms with van der Waals surface area (Å²) in [5, 5.41) is 0. The molecule has 0 saturated carbocycles. The van der Waals surface area contributed by atoms with Crippen LogP contribution in [0.1, 0.15) is 26.7 Å². The third-order valence-electron chi connectivity index (χ3n) is 3.15. The first-order chi connectivity index (χ1) is 7.17. The minimum Gasteiger partial charge on any atom is -0.381 e. The lowest BCUT2D eigenvalue weighted by Crippen LogP contribution is -2.38. The van der Waals surface area contributed by atoms with Gasteiger partial charge in [-0.1, -0.05) is 13.8 Å². The van der Waals surface area contributed by atoms with Crippen LogP contribution in [0, 0.1) is 5.92 Å². The van der Waals surface area contributed by atoms with E-state index in [0.29, 0.717) is 11.8 Å². The molecule has 0 aromatic carbocycles. The molecule has 0 aromatic rings. The minimum absolute atomic E-state index is 0.0322. The van der Waals surface area contributed by atoms with Gasteiger partial charge in [-0.25, -0.2) is 0 Å². The molecule has 0 N–H and O–H groups in total. The van der Waals surface area contributed by atoms with E-state index in [1.165, 1.54) is 0 Å². The molecule has 2 rings (SSSR count). The summed E-state index contributed by atoms with van der Waals surface area (Å²) in [7, 11) is 0. The van der Waals surface area contributed by atoms with Gasteiger partial charge >= 0.3 is 0 Å². The largest absolute Gasteiger partial charge is 0.381 e. The first kappa shape index (κ1) is 11.6. The summed E-state index contributed by atoms with van der Waals surface area (Å²) in [5.41, 5.74) is 0. The molecule has 0 radical (unpaired) electrons. The predicted molar refractivity (Wildman–Crippen MR) is 58.1 cm³/mol. The highest BCUT2D eigenvalue weighted by atomic mass is 35.5. The van der Waals surface area contributed by atoms with Gasteiger partial charge in [-0.05, 0) is 5.92 Å². The van der Waals surface area contributed by atoms with Crippen molar-refractivity contribution in [1.82, 2.24) is 0 Å². The van der Waals surface area contributed by atoms with Crippen LogP contribution in [0.25, 0.3) is 0 Å². The van der Waals surface area contributed by atoms with Gasteiger partial charge in [0.1, 0.15) is 6.10 Å². The molecule has 2 heterocycles. The van der Waals surface area contributed by atoms with Crippen molar-refractivity contribution in [3.63, 3.8) is 0 Å². The van der Waals surface area contributed by atoms with Crippen molar-refractivity contribution in [2.24, 2.45) is 5.92 Å². The molecular weight excluding hydrogens is 216 g/mol. The Hall–Kier alpha value is 0.170. The number of hydrogen-bond donors (Lipinski definition) is 0. The van der Waals surface area contributed by atoms with E-state index in [4.69, 9.17) is 25.8 Å². The molecule has 0 aromatic heterocycles. The molecule has 88 valence electrons. The lowest BCUT2D eigenvalue weighted by molar-refractivity contribution is -0.218. The monoisotopic (exact) mass is 234 g/mol. The van der Waals surface area contributed by atoms with Crippen molar-refractivity contribution in [2.75, 3.05) is 19.1 Å². The SMILES string of the molecule is CC(C)[C@H]1OC2(CCOCC2)O[C@@H]1CCl. The Kier molecular flexibility index (Phi) is 3.56. The molecule has 0 aliphatic carbocycles. The summed E-state index contributed by atoms with van der Waals surface area (Å²) in [4.78, 5) is 0. The second-order valence-electron chi connectivity index (χ2n) is 4.66. The summed E-state index contributed by atoms with van der Waals surface area (Å²) < 4.78 is 17.4. The zero-order chi connectivity index (χ0) is 10.9. The fourth-order valence-corrected chi connectivity index (χ4v) is 2.54. The van der Waals surface area contributed by atoms with Gasteiger partial charge in [0.15, 0.2) is 5.79 Å². The maximum atomic E-state index is 6.07. The van der Waals surface area contributed by atoms with Gasteiger partial charge in [-0.3, -0.25) is 0 Å². The van der Waals surface area contributed by atoms with E-state index in [2.05, 4.69) is 13.8 Å². The number of rotatable bonds is 2. The van der Waals surface area contributed by atoms with Crippen LogP contribution in [0.4, 0.5) is 0 Å². The van der Waals surface area contributed by atoms with E-state index < -0.39 is 5.79 Å². The quantitative estimate of drug-likeness (QED) is 0.686. The van der Waals surface area contributed by atoms with Crippen molar-refractivity contribution >= 4 is 11.6 Å². The third-order valence-corrected chi connectivity index (χ3v) is 3.45. The molecule has 0 amide bonds. The van der Waals surface area contributed by atoms with E-state index in [1.54, 1.807) is 0 Å². The van der Waals surface area contributed by atoms with Gasteiger partial charge in [0.25, 0.3) is 0 Å². The average molecular weight is 235 g/mol. The molecule has 2 fully saturated rings. The second-order valence-corrected chi connectivity index (χ2v) is 4.97. The van der Waals surface area contributed by atoms with E-state index >= 15 is 0 Å². The van der Waals surface area contributed by atoms with Crippen LogP contribution in [0.2, 0.25) is 0 Å². The molecule has 2 aliphatic rings. The Morgan fingerprint density at radius 1 is 1.27 bits per heavy atom. The average Bonchev–Trinajstić information content (AvgIpc) is 2.58. The van der Waals surface area contributed by atoms with Gasteiger partial charge in [0.2, 0.25) is 0 Å². The molecule has 15 heavy (non-hydrogen) atoms. The van der Waals surface area contributed by atoms with E-state index in [-0.39, 0.29) is 12.2 Å². The second kappa shape index (κ2) is 4.58.